The van der Waals surface area contributed by atoms with E-state index in [1.54, 1.807) is 0 Å². The van der Waals surface area contributed by atoms with Crippen LogP contribution in [0.25, 0.3) is 0 Å². The Hall–Kier alpha value is -2.57. The molecule has 0 radical (unpaired) electrons. The Morgan fingerprint density at radius 2 is 1.58 bits per heavy atom. The third kappa shape index (κ3) is 8.17. The number of nitrogens with zero attached hydrogens (tertiary/aromatic N) is 1. The van der Waals surface area contributed by atoms with Crippen LogP contribution in [0, 0.1) is 0 Å². The molecule has 0 aliphatic rings. The van der Waals surface area contributed by atoms with Crippen molar-refractivity contribution in [2.45, 2.75) is 20.3 Å². The van der Waals surface area contributed by atoms with Gasteiger partial charge in [0.15, 0.2) is 0 Å². The molecular weight excluding hydrogens is 308 g/mol. The van der Waals surface area contributed by atoms with Gasteiger partial charge >= 0.3 is 0 Å². The molecular formula is C17H26N4O3. The molecule has 0 saturated heterocycles. The molecule has 0 heterocycles. The Bertz CT molecular complexity index is 534. The number of hydrogen-bond donors (Lipinski definition) is 3. The highest BCUT2D eigenvalue weighted by molar-refractivity contribution is 5.87. The lowest BCUT2D eigenvalue weighted by Gasteiger charge is -2.23. The summed E-state index contributed by atoms with van der Waals surface area (Å²) in [6.07, 6.45) is 0.814. The highest BCUT2D eigenvalue weighted by atomic mass is 16.2. The largest absolute Gasteiger partial charge is 0.372 e. The Morgan fingerprint density at radius 1 is 0.958 bits per heavy atom. The van der Waals surface area contributed by atoms with Gasteiger partial charge in [0.1, 0.15) is 0 Å². The molecule has 0 aromatic heterocycles. The van der Waals surface area contributed by atoms with E-state index in [0.717, 1.165) is 25.2 Å². The van der Waals surface area contributed by atoms with Crippen molar-refractivity contribution in [3.8, 4) is 0 Å². The smallest absolute Gasteiger partial charge is 0.239 e. The normalized spacial score (nSPS) is 9.92. The van der Waals surface area contributed by atoms with E-state index in [1.165, 1.54) is 6.92 Å². The summed E-state index contributed by atoms with van der Waals surface area (Å²) < 4.78 is 0. The maximum Gasteiger partial charge on any atom is 0.239 e. The van der Waals surface area contributed by atoms with Crippen molar-refractivity contribution in [1.82, 2.24) is 16.0 Å². The zero-order valence-electron chi connectivity index (χ0n) is 14.3. The lowest BCUT2D eigenvalue weighted by molar-refractivity contribution is -0.127. The molecule has 0 aliphatic heterocycles. The zero-order valence-corrected chi connectivity index (χ0v) is 14.3. The molecule has 3 N–H and O–H groups in total. The standard InChI is InChI=1S/C17H26N4O3/c1-3-21(15-8-5-4-6-9-15)11-7-10-18-16(23)13-20-17(24)12-19-14(2)22/h4-6,8-9H,3,7,10-13H2,1-2H3,(H,18,23)(H,19,22)(H,20,24). The van der Waals surface area contributed by atoms with E-state index in [0.29, 0.717) is 6.54 Å². The maximum atomic E-state index is 11.6. The molecule has 24 heavy (non-hydrogen) atoms. The van der Waals surface area contributed by atoms with Gasteiger partial charge in [0.2, 0.25) is 17.7 Å². The first-order valence-electron chi connectivity index (χ1n) is 8.10. The van der Waals surface area contributed by atoms with Crippen LogP contribution in [0.5, 0.6) is 0 Å². The summed E-state index contributed by atoms with van der Waals surface area (Å²) in [7, 11) is 0. The number of benzene rings is 1. The van der Waals surface area contributed by atoms with Crippen LogP contribution >= 0.6 is 0 Å². The minimum atomic E-state index is -0.387. The van der Waals surface area contributed by atoms with Gasteiger partial charge in [-0.3, -0.25) is 14.4 Å². The molecule has 1 aromatic rings. The van der Waals surface area contributed by atoms with E-state index in [4.69, 9.17) is 0 Å². The van der Waals surface area contributed by atoms with E-state index >= 15 is 0 Å². The van der Waals surface area contributed by atoms with E-state index in [2.05, 4.69) is 39.9 Å². The second kappa shape index (κ2) is 11.0. The van der Waals surface area contributed by atoms with Gasteiger partial charge in [0, 0.05) is 32.2 Å². The van der Waals surface area contributed by atoms with Gasteiger partial charge in [-0.05, 0) is 25.5 Å². The molecule has 1 aromatic carbocycles. The second-order valence-corrected chi connectivity index (χ2v) is 5.31. The number of rotatable bonds is 10. The van der Waals surface area contributed by atoms with Crippen LogP contribution in [0.15, 0.2) is 30.3 Å². The molecule has 0 aliphatic carbocycles. The number of carbonyl (C=O) groups excluding carboxylic acids is 3. The summed E-state index contributed by atoms with van der Waals surface area (Å²) in [5, 5.41) is 7.58. The van der Waals surface area contributed by atoms with E-state index < -0.39 is 0 Å². The molecule has 0 saturated carbocycles. The van der Waals surface area contributed by atoms with Crippen molar-refractivity contribution in [2.24, 2.45) is 0 Å². The van der Waals surface area contributed by atoms with Crippen LogP contribution in [0.2, 0.25) is 0 Å². The SMILES string of the molecule is CCN(CCCNC(=O)CNC(=O)CNC(C)=O)c1ccccc1. The molecule has 0 spiro atoms. The topological polar surface area (TPSA) is 90.5 Å². The van der Waals surface area contributed by atoms with E-state index in [9.17, 15) is 14.4 Å². The average molecular weight is 334 g/mol. The van der Waals surface area contributed by atoms with Crippen molar-refractivity contribution >= 4 is 23.4 Å². The number of carbonyl (C=O) groups is 3. The summed E-state index contributed by atoms with van der Waals surface area (Å²) in [5.74, 6) is -0.913. The predicted molar refractivity (Wildman–Crippen MR) is 93.6 cm³/mol. The maximum absolute atomic E-state index is 11.6. The van der Waals surface area contributed by atoms with Crippen molar-refractivity contribution < 1.29 is 14.4 Å². The Kier molecular flexibility index (Phi) is 8.96. The lowest BCUT2D eigenvalue weighted by atomic mass is 10.2. The Labute approximate surface area is 142 Å². The van der Waals surface area contributed by atoms with Crippen molar-refractivity contribution in [3.63, 3.8) is 0 Å². The lowest BCUT2D eigenvalue weighted by Crippen LogP contribution is -2.42. The van der Waals surface area contributed by atoms with Gasteiger partial charge in [-0.2, -0.15) is 0 Å². The minimum absolute atomic E-state index is 0.0887. The van der Waals surface area contributed by atoms with Gasteiger partial charge in [0.25, 0.3) is 0 Å². The predicted octanol–water partition coefficient (Wildman–Crippen LogP) is 0.272. The highest BCUT2D eigenvalue weighted by Gasteiger charge is 2.06. The molecule has 0 unspecified atom stereocenters. The second-order valence-electron chi connectivity index (χ2n) is 5.31. The van der Waals surface area contributed by atoms with Gasteiger partial charge < -0.3 is 20.9 Å². The third-order valence-corrected chi connectivity index (χ3v) is 3.37. The third-order valence-electron chi connectivity index (χ3n) is 3.37. The van der Waals surface area contributed by atoms with E-state index in [1.807, 2.05) is 18.2 Å². The number of amides is 3. The summed E-state index contributed by atoms with van der Waals surface area (Å²) in [4.78, 5) is 35.9. The summed E-state index contributed by atoms with van der Waals surface area (Å²) in [6.45, 7) is 5.50. The fraction of sp³-hybridized carbons (Fsp3) is 0.471. The molecule has 1 rings (SSSR count). The first-order chi connectivity index (χ1) is 11.5. The van der Waals surface area contributed by atoms with E-state index in [-0.39, 0.29) is 30.8 Å². The number of anilines is 1. The molecule has 3 amide bonds. The minimum Gasteiger partial charge on any atom is -0.372 e. The number of nitrogens with one attached hydrogen (secondary N) is 3. The molecule has 7 heteroatoms. The van der Waals surface area contributed by atoms with Crippen LogP contribution in [-0.2, 0) is 14.4 Å². The zero-order chi connectivity index (χ0) is 17.8. The number of para-hydroxylation sites is 1. The fourth-order valence-corrected chi connectivity index (χ4v) is 2.11. The molecule has 0 atom stereocenters. The quantitative estimate of drug-likeness (QED) is 0.536. The van der Waals surface area contributed by atoms with Crippen LogP contribution in [0.3, 0.4) is 0 Å². The highest BCUT2D eigenvalue weighted by Crippen LogP contribution is 2.12. The van der Waals surface area contributed by atoms with Crippen molar-refractivity contribution in [1.29, 1.82) is 0 Å². The van der Waals surface area contributed by atoms with Crippen molar-refractivity contribution in [2.75, 3.05) is 37.6 Å². The first kappa shape index (κ1) is 19.5. The monoisotopic (exact) mass is 334 g/mol. The average Bonchev–Trinajstić information content (AvgIpc) is 2.59. The van der Waals surface area contributed by atoms with Crippen LogP contribution < -0.4 is 20.9 Å². The Balaban J connectivity index is 2.16. The molecule has 0 fully saturated rings. The molecule has 0 bridgehead atoms. The number of hydrogen-bond acceptors (Lipinski definition) is 4. The molecule has 132 valence electrons. The van der Waals surface area contributed by atoms with Crippen LogP contribution in [0.1, 0.15) is 20.3 Å². The van der Waals surface area contributed by atoms with Crippen LogP contribution in [0.4, 0.5) is 5.69 Å². The summed E-state index contributed by atoms with van der Waals surface area (Å²) >= 11 is 0. The van der Waals surface area contributed by atoms with Gasteiger partial charge in [-0.25, -0.2) is 0 Å². The first-order valence-corrected chi connectivity index (χ1v) is 8.10. The summed E-state index contributed by atoms with van der Waals surface area (Å²) in [6, 6.07) is 10.1. The summed E-state index contributed by atoms with van der Waals surface area (Å²) in [5.41, 5.74) is 1.16. The van der Waals surface area contributed by atoms with Crippen molar-refractivity contribution in [3.05, 3.63) is 30.3 Å². The Morgan fingerprint density at radius 3 is 2.21 bits per heavy atom. The fourth-order valence-electron chi connectivity index (χ4n) is 2.11. The van der Waals surface area contributed by atoms with Gasteiger partial charge in [0.05, 0.1) is 13.1 Å². The molecule has 7 nitrogen and oxygen atoms in total. The van der Waals surface area contributed by atoms with Gasteiger partial charge in [-0.15, -0.1) is 0 Å². The van der Waals surface area contributed by atoms with Crippen LogP contribution in [-0.4, -0.2) is 50.4 Å². The van der Waals surface area contributed by atoms with Gasteiger partial charge in [-0.1, -0.05) is 18.2 Å².